The number of piperidine rings is 1. The second kappa shape index (κ2) is 5.83. The fourth-order valence-electron chi connectivity index (χ4n) is 2.72. The molecule has 1 aliphatic heterocycles. The van der Waals surface area contributed by atoms with Crippen LogP contribution in [0.2, 0.25) is 0 Å². The lowest BCUT2D eigenvalue weighted by Gasteiger charge is -2.42. The molecule has 0 aliphatic carbocycles. The average molecular weight is 262 g/mol. The van der Waals surface area contributed by atoms with E-state index in [4.69, 9.17) is 4.74 Å². The Labute approximate surface area is 116 Å². The third-order valence-electron chi connectivity index (χ3n) is 3.87. The molecule has 1 N–H and O–H groups in total. The van der Waals surface area contributed by atoms with E-state index in [0.717, 1.165) is 18.8 Å². The molecular weight excluding hydrogens is 236 g/mol. The summed E-state index contributed by atoms with van der Waals surface area (Å²) in [6.45, 7) is 8.58. The quantitative estimate of drug-likeness (QED) is 0.902. The van der Waals surface area contributed by atoms with E-state index in [9.17, 15) is 0 Å². The summed E-state index contributed by atoms with van der Waals surface area (Å²) >= 11 is 0. The lowest BCUT2D eigenvalue weighted by atomic mass is 9.91. The number of benzene rings is 1. The lowest BCUT2D eigenvalue weighted by molar-refractivity contribution is 0.241. The standard InChI is InChI=1S/C16H26N2O/c1-13(2)19-15-9-6-5-8-14(15)18-11-7-10-16(3,12-18)17-4/h5-6,8-9,13,17H,7,10-12H2,1-4H3. The predicted octanol–water partition coefficient (Wildman–Crippen LogP) is 3.05. The van der Waals surface area contributed by atoms with E-state index < -0.39 is 0 Å². The monoisotopic (exact) mass is 262 g/mol. The topological polar surface area (TPSA) is 24.5 Å². The molecule has 0 amide bonds. The van der Waals surface area contributed by atoms with E-state index in [-0.39, 0.29) is 11.6 Å². The van der Waals surface area contributed by atoms with Crippen molar-refractivity contribution in [2.45, 2.75) is 45.3 Å². The van der Waals surface area contributed by atoms with Crippen LogP contribution in [0.5, 0.6) is 5.75 Å². The van der Waals surface area contributed by atoms with Crippen LogP contribution < -0.4 is 15.0 Å². The highest BCUT2D eigenvalue weighted by Crippen LogP contribution is 2.33. The number of nitrogens with one attached hydrogen (secondary N) is 1. The van der Waals surface area contributed by atoms with Gasteiger partial charge in [0.1, 0.15) is 5.75 Å². The van der Waals surface area contributed by atoms with Crippen molar-refractivity contribution in [1.29, 1.82) is 0 Å². The summed E-state index contributed by atoms with van der Waals surface area (Å²) in [5.74, 6) is 0.998. The molecule has 1 aliphatic rings. The highest BCUT2D eigenvalue weighted by atomic mass is 16.5. The zero-order chi connectivity index (χ0) is 13.9. The van der Waals surface area contributed by atoms with Crippen molar-refractivity contribution >= 4 is 5.69 Å². The van der Waals surface area contributed by atoms with Gasteiger partial charge in [-0.3, -0.25) is 0 Å². The van der Waals surface area contributed by atoms with E-state index >= 15 is 0 Å². The molecule has 106 valence electrons. The van der Waals surface area contributed by atoms with E-state index in [2.05, 4.69) is 56.2 Å². The molecule has 2 rings (SSSR count). The fourth-order valence-corrected chi connectivity index (χ4v) is 2.72. The Morgan fingerprint density at radius 3 is 2.74 bits per heavy atom. The minimum absolute atomic E-state index is 0.198. The first kappa shape index (κ1) is 14.2. The Balaban J connectivity index is 2.21. The van der Waals surface area contributed by atoms with Gasteiger partial charge in [0.15, 0.2) is 0 Å². The minimum Gasteiger partial charge on any atom is -0.489 e. The smallest absolute Gasteiger partial charge is 0.142 e. The van der Waals surface area contributed by atoms with Crippen LogP contribution in [-0.2, 0) is 0 Å². The van der Waals surface area contributed by atoms with Gasteiger partial charge in [0.25, 0.3) is 0 Å². The number of hydrogen-bond acceptors (Lipinski definition) is 3. The lowest BCUT2D eigenvalue weighted by Crippen LogP contribution is -2.53. The first-order valence-corrected chi connectivity index (χ1v) is 7.24. The highest BCUT2D eigenvalue weighted by molar-refractivity contribution is 5.59. The third kappa shape index (κ3) is 3.41. The van der Waals surface area contributed by atoms with Crippen LogP contribution in [0.1, 0.15) is 33.6 Å². The third-order valence-corrected chi connectivity index (χ3v) is 3.87. The van der Waals surface area contributed by atoms with Crippen LogP contribution in [-0.4, -0.2) is 31.8 Å². The molecular formula is C16H26N2O. The zero-order valence-corrected chi connectivity index (χ0v) is 12.6. The number of hydrogen-bond donors (Lipinski definition) is 1. The van der Waals surface area contributed by atoms with Gasteiger partial charge in [-0.1, -0.05) is 12.1 Å². The number of ether oxygens (including phenoxy) is 1. The maximum absolute atomic E-state index is 5.94. The first-order valence-electron chi connectivity index (χ1n) is 7.24. The molecule has 0 bridgehead atoms. The summed E-state index contributed by atoms with van der Waals surface area (Å²) in [6, 6.07) is 8.37. The van der Waals surface area contributed by atoms with Gasteiger partial charge in [0, 0.05) is 18.6 Å². The zero-order valence-electron chi connectivity index (χ0n) is 12.6. The molecule has 1 unspecified atom stereocenters. The van der Waals surface area contributed by atoms with Gasteiger partial charge in [0.2, 0.25) is 0 Å². The summed E-state index contributed by atoms with van der Waals surface area (Å²) in [5, 5.41) is 3.46. The summed E-state index contributed by atoms with van der Waals surface area (Å²) < 4.78 is 5.94. The van der Waals surface area contributed by atoms with Crippen LogP contribution in [0.3, 0.4) is 0 Å². The van der Waals surface area contributed by atoms with Gasteiger partial charge >= 0.3 is 0 Å². The van der Waals surface area contributed by atoms with Crippen molar-refractivity contribution in [2.75, 3.05) is 25.0 Å². The number of likely N-dealkylation sites (N-methyl/N-ethyl adjacent to an activating group) is 1. The fraction of sp³-hybridized carbons (Fsp3) is 0.625. The molecule has 1 heterocycles. The second-order valence-corrected chi connectivity index (χ2v) is 5.97. The van der Waals surface area contributed by atoms with Gasteiger partial charge in [0.05, 0.1) is 11.8 Å². The Morgan fingerprint density at radius 2 is 2.05 bits per heavy atom. The Morgan fingerprint density at radius 1 is 1.32 bits per heavy atom. The van der Waals surface area contributed by atoms with E-state index in [1.165, 1.54) is 18.5 Å². The Kier molecular flexibility index (Phi) is 4.35. The van der Waals surface area contributed by atoms with Gasteiger partial charge in [-0.2, -0.15) is 0 Å². The number of para-hydroxylation sites is 2. The molecule has 1 saturated heterocycles. The van der Waals surface area contributed by atoms with Crippen LogP contribution in [0, 0.1) is 0 Å². The van der Waals surface area contributed by atoms with E-state index in [0.29, 0.717) is 0 Å². The normalized spacial score (nSPS) is 23.7. The maximum Gasteiger partial charge on any atom is 0.142 e. The van der Waals surface area contributed by atoms with Crippen LogP contribution in [0.25, 0.3) is 0 Å². The molecule has 0 saturated carbocycles. The van der Waals surface area contributed by atoms with E-state index in [1.807, 2.05) is 6.07 Å². The van der Waals surface area contributed by atoms with Crippen molar-refractivity contribution in [3.05, 3.63) is 24.3 Å². The van der Waals surface area contributed by atoms with Crippen molar-refractivity contribution in [1.82, 2.24) is 5.32 Å². The summed E-state index contributed by atoms with van der Waals surface area (Å²) in [4.78, 5) is 2.44. The molecule has 1 fully saturated rings. The van der Waals surface area contributed by atoms with Crippen molar-refractivity contribution < 1.29 is 4.74 Å². The Hall–Kier alpha value is -1.22. The molecule has 0 spiro atoms. The highest BCUT2D eigenvalue weighted by Gasteiger charge is 2.30. The van der Waals surface area contributed by atoms with Gasteiger partial charge in [-0.25, -0.2) is 0 Å². The van der Waals surface area contributed by atoms with Crippen molar-refractivity contribution in [3.63, 3.8) is 0 Å². The van der Waals surface area contributed by atoms with Gasteiger partial charge < -0.3 is 15.0 Å². The molecule has 1 aromatic carbocycles. The number of anilines is 1. The van der Waals surface area contributed by atoms with Crippen molar-refractivity contribution in [3.8, 4) is 5.75 Å². The Bertz CT molecular complexity index is 419. The summed E-state index contributed by atoms with van der Waals surface area (Å²) in [6.07, 6.45) is 2.65. The SMILES string of the molecule is CNC1(C)CCCN(c2ccccc2OC(C)C)C1. The van der Waals surface area contributed by atoms with Gasteiger partial charge in [-0.05, 0) is 52.8 Å². The molecule has 1 aromatic rings. The molecule has 19 heavy (non-hydrogen) atoms. The van der Waals surface area contributed by atoms with E-state index in [1.54, 1.807) is 0 Å². The van der Waals surface area contributed by atoms with Crippen LogP contribution >= 0.6 is 0 Å². The predicted molar refractivity (Wildman–Crippen MR) is 81.1 cm³/mol. The second-order valence-electron chi connectivity index (χ2n) is 5.97. The van der Waals surface area contributed by atoms with Crippen LogP contribution in [0.4, 0.5) is 5.69 Å². The van der Waals surface area contributed by atoms with Gasteiger partial charge in [-0.15, -0.1) is 0 Å². The maximum atomic E-state index is 5.94. The molecule has 3 heteroatoms. The first-order chi connectivity index (χ1) is 9.04. The largest absolute Gasteiger partial charge is 0.489 e. The molecule has 3 nitrogen and oxygen atoms in total. The molecule has 1 atom stereocenters. The summed E-state index contributed by atoms with van der Waals surface area (Å²) in [5.41, 5.74) is 1.42. The minimum atomic E-state index is 0.198. The summed E-state index contributed by atoms with van der Waals surface area (Å²) in [7, 11) is 2.06. The average Bonchev–Trinajstić information content (AvgIpc) is 2.39. The number of rotatable bonds is 4. The molecule has 0 radical (unpaired) electrons. The number of nitrogens with zero attached hydrogens (tertiary/aromatic N) is 1. The van der Waals surface area contributed by atoms with Crippen LogP contribution in [0.15, 0.2) is 24.3 Å². The van der Waals surface area contributed by atoms with Crippen molar-refractivity contribution in [2.24, 2.45) is 0 Å². The molecule has 0 aromatic heterocycles.